The van der Waals surface area contributed by atoms with E-state index >= 15 is 0 Å². The summed E-state index contributed by atoms with van der Waals surface area (Å²) in [6.45, 7) is 2.03. The van der Waals surface area contributed by atoms with Crippen LogP contribution in [-0.4, -0.2) is 32.0 Å². The van der Waals surface area contributed by atoms with Gasteiger partial charge in [-0.05, 0) is 61.5 Å². The van der Waals surface area contributed by atoms with E-state index in [1.807, 2.05) is 31.2 Å². The Morgan fingerprint density at radius 3 is 2.80 bits per heavy atom. The van der Waals surface area contributed by atoms with Crippen LogP contribution in [0.2, 0.25) is 0 Å². The van der Waals surface area contributed by atoms with Crippen molar-refractivity contribution in [2.24, 2.45) is 0 Å². The SMILES string of the molecule is [2H]C([2H])(CCC(O)COc1cccc(C)c1)Cc1ccc(OC)c(OC([2H])([2H])[2H])c1. The van der Waals surface area contributed by atoms with Crippen molar-refractivity contribution in [1.29, 1.82) is 0 Å². The minimum atomic E-state index is -2.63. The molecule has 2 aromatic rings. The van der Waals surface area contributed by atoms with Crippen molar-refractivity contribution in [3.8, 4) is 17.2 Å². The Bertz CT molecular complexity index is 823. The van der Waals surface area contributed by atoms with Crippen LogP contribution in [0.1, 0.15) is 37.2 Å². The first kappa shape index (κ1) is 13.1. The average molecular weight is 349 g/mol. The van der Waals surface area contributed by atoms with Crippen molar-refractivity contribution in [2.45, 2.75) is 38.7 Å². The maximum absolute atomic E-state index is 10.2. The standard InChI is InChI=1S/C21H28O4/c1-16-7-6-10-19(13-16)25-15-18(22)9-5-4-8-17-11-12-20(23-2)21(14-17)24-3/h6-7,10-14,18,22H,4-5,8-9,15H2,1-3H3/i3D3,4D2. The topological polar surface area (TPSA) is 47.9 Å². The molecule has 1 unspecified atom stereocenters. The zero-order valence-corrected chi connectivity index (χ0v) is 14.6. The summed E-state index contributed by atoms with van der Waals surface area (Å²) in [5, 5.41) is 10.2. The molecule has 0 heterocycles. The number of hydrogen-bond acceptors (Lipinski definition) is 4. The van der Waals surface area contributed by atoms with Crippen LogP contribution in [0.25, 0.3) is 0 Å². The first-order valence-electron chi connectivity index (χ1n) is 10.7. The molecule has 136 valence electrons. The molecule has 0 aliphatic heterocycles. The van der Waals surface area contributed by atoms with Crippen LogP contribution in [0.15, 0.2) is 42.5 Å². The molecule has 0 bridgehead atoms. The van der Waals surface area contributed by atoms with Gasteiger partial charge in [0, 0.05) is 2.74 Å². The van der Waals surface area contributed by atoms with Crippen molar-refractivity contribution < 1.29 is 26.2 Å². The lowest BCUT2D eigenvalue weighted by molar-refractivity contribution is 0.0976. The number of hydrogen-bond donors (Lipinski definition) is 1. The highest BCUT2D eigenvalue weighted by Crippen LogP contribution is 2.28. The van der Waals surface area contributed by atoms with Crippen molar-refractivity contribution in [1.82, 2.24) is 0 Å². The molecule has 1 atom stereocenters. The number of methoxy groups -OCH3 is 2. The second-order valence-corrected chi connectivity index (χ2v) is 5.83. The Morgan fingerprint density at radius 2 is 2.04 bits per heavy atom. The van der Waals surface area contributed by atoms with Gasteiger partial charge in [-0.15, -0.1) is 0 Å². The van der Waals surface area contributed by atoms with E-state index in [-0.39, 0.29) is 37.4 Å². The first-order chi connectivity index (χ1) is 14.0. The Hall–Kier alpha value is -2.20. The second kappa shape index (κ2) is 9.94. The molecule has 0 aliphatic carbocycles. The molecule has 4 heteroatoms. The van der Waals surface area contributed by atoms with Crippen LogP contribution in [0.3, 0.4) is 0 Å². The Balaban J connectivity index is 1.91. The summed E-state index contributed by atoms with van der Waals surface area (Å²) in [7, 11) is -1.23. The number of aryl methyl sites for hydroxylation is 2. The highest BCUT2D eigenvalue weighted by Gasteiger charge is 2.07. The van der Waals surface area contributed by atoms with Gasteiger partial charge in [-0.2, -0.15) is 0 Å². The van der Waals surface area contributed by atoms with Crippen LogP contribution in [0, 0.1) is 6.92 Å². The van der Waals surface area contributed by atoms with Gasteiger partial charge in [0.1, 0.15) is 12.4 Å². The average Bonchev–Trinajstić information content (AvgIpc) is 2.63. The summed E-state index contributed by atoms with van der Waals surface area (Å²) in [6, 6.07) is 12.2. The molecule has 0 radical (unpaired) electrons. The first-order valence-corrected chi connectivity index (χ1v) is 8.21. The molecule has 0 saturated heterocycles. The van der Waals surface area contributed by atoms with Gasteiger partial charge in [-0.3, -0.25) is 0 Å². The van der Waals surface area contributed by atoms with Crippen LogP contribution < -0.4 is 14.2 Å². The second-order valence-electron chi connectivity index (χ2n) is 5.83. The van der Waals surface area contributed by atoms with E-state index in [4.69, 9.17) is 21.1 Å². The lowest BCUT2D eigenvalue weighted by atomic mass is 10.0. The largest absolute Gasteiger partial charge is 0.493 e. The summed E-state index contributed by atoms with van der Waals surface area (Å²) in [6.07, 6.45) is -2.01. The third-order valence-electron chi connectivity index (χ3n) is 3.75. The zero-order chi connectivity index (χ0) is 22.4. The molecular weight excluding hydrogens is 316 g/mol. The lowest BCUT2D eigenvalue weighted by Crippen LogP contribution is -2.17. The Morgan fingerprint density at radius 1 is 1.16 bits per heavy atom. The number of ether oxygens (including phenoxy) is 3. The fourth-order valence-corrected chi connectivity index (χ4v) is 2.39. The van der Waals surface area contributed by atoms with Crippen molar-refractivity contribution in [3.05, 3.63) is 53.6 Å². The fourth-order valence-electron chi connectivity index (χ4n) is 2.39. The van der Waals surface area contributed by atoms with E-state index in [0.717, 1.165) is 5.56 Å². The summed E-state index contributed by atoms with van der Waals surface area (Å²) >= 11 is 0. The van der Waals surface area contributed by atoms with Gasteiger partial charge in [-0.25, -0.2) is 0 Å². The predicted molar refractivity (Wildman–Crippen MR) is 99.8 cm³/mol. The molecule has 2 aromatic carbocycles. The van der Waals surface area contributed by atoms with E-state index in [9.17, 15) is 5.11 Å². The molecule has 25 heavy (non-hydrogen) atoms. The third kappa shape index (κ3) is 6.31. The fraction of sp³-hybridized carbons (Fsp3) is 0.429. The van der Waals surface area contributed by atoms with E-state index in [1.165, 1.54) is 13.2 Å². The molecule has 0 saturated carbocycles. The van der Waals surface area contributed by atoms with Gasteiger partial charge in [0.15, 0.2) is 11.5 Å². The summed E-state index contributed by atoms with van der Waals surface area (Å²) < 4.78 is 53.9. The van der Waals surface area contributed by atoms with Crippen LogP contribution in [0.4, 0.5) is 0 Å². The zero-order valence-electron chi connectivity index (χ0n) is 19.6. The monoisotopic (exact) mass is 349 g/mol. The van der Waals surface area contributed by atoms with Crippen LogP contribution in [0.5, 0.6) is 17.2 Å². The van der Waals surface area contributed by atoms with Gasteiger partial charge in [0.25, 0.3) is 0 Å². The van der Waals surface area contributed by atoms with Gasteiger partial charge < -0.3 is 19.3 Å². The van der Waals surface area contributed by atoms with E-state index in [2.05, 4.69) is 0 Å². The molecule has 0 aromatic heterocycles. The molecule has 1 N–H and O–H groups in total. The highest BCUT2D eigenvalue weighted by molar-refractivity contribution is 5.42. The van der Waals surface area contributed by atoms with Gasteiger partial charge in [-0.1, -0.05) is 24.6 Å². The van der Waals surface area contributed by atoms with Crippen LogP contribution in [-0.2, 0) is 6.42 Å². The minimum absolute atomic E-state index is 0.0392. The molecule has 0 aliphatic rings. The molecule has 0 amide bonds. The Labute approximate surface area is 157 Å². The normalized spacial score (nSPS) is 15.9. The number of aliphatic hydroxyl groups is 1. The summed E-state index contributed by atoms with van der Waals surface area (Å²) in [4.78, 5) is 0. The predicted octanol–water partition coefficient (Wildman–Crippen LogP) is 4.16. The highest BCUT2D eigenvalue weighted by atomic mass is 16.5. The lowest BCUT2D eigenvalue weighted by Gasteiger charge is -2.13. The number of benzene rings is 2. The number of rotatable bonds is 10. The van der Waals surface area contributed by atoms with E-state index < -0.39 is 19.5 Å². The molecule has 4 nitrogen and oxygen atoms in total. The Kier molecular flexibility index (Phi) is 5.20. The van der Waals surface area contributed by atoms with Crippen LogP contribution >= 0.6 is 0 Å². The van der Waals surface area contributed by atoms with Crippen molar-refractivity contribution in [2.75, 3.05) is 20.8 Å². The maximum Gasteiger partial charge on any atom is 0.160 e. The maximum atomic E-state index is 10.2. The number of aliphatic hydroxyl groups excluding tert-OH is 1. The minimum Gasteiger partial charge on any atom is -0.493 e. The summed E-state index contributed by atoms with van der Waals surface area (Å²) in [5.41, 5.74) is 1.63. The van der Waals surface area contributed by atoms with Gasteiger partial charge in [0.05, 0.1) is 24.4 Å². The van der Waals surface area contributed by atoms with Gasteiger partial charge >= 0.3 is 0 Å². The molecular formula is C21H28O4. The van der Waals surface area contributed by atoms with Crippen molar-refractivity contribution >= 4 is 0 Å². The molecule has 2 rings (SSSR count). The molecule has 0 fully saturated rings. The van der Waals surface area contributed by atoms with E-state index in [0.29, 0.717) is 11.3 Å². The van der Waals surface area contributed by atoms with Crippen molar-refractivity contribution in [3.63, 3.8) is 0 Å². The third-order valence-corrected chi connectivity index (χ3v) is 3.75. The summed E-state index contributed by atoms with van der Waals surface area (Å²) in [5.74, 6) is 0.966. The quantitative estimate of drug-likeness (QED) is 0.699. The van der Waals surface area contributed by atoms with Gasteiger partial charge in [0.2, 0.25) is 0 Å². The van der Waals surface area contributed by atoms with E-state index in [1.54, 1.807) is 12.1 Å². The smallest absolute Gasteiger partial charge is 0.160 e. The molecule has 0 spiro atoms.